The van der Waals surface area contributed by atoms with Crippen LogP contribution in [0.2, 0.25) is 0 Å². The maximum atomic E-state index is 5.75. The molecular weight excluding hydrogens is 158 g/mol. The molecule has 0 aliphatic rings. The van der Waals surface area contributed by atoms with E-state index in [0.29, 0.717) is 5.92 Å². The van der Waals surface area contributed by atoms with Crippen LogP contribution in [0.15, 0.2) is 23.8 Å². The van der Waals surface area contributed by atoms with Gasteiger partial charge in [-0.3, -0.25) is 0 Å². The molecule has 0 aromatic rings. The van der Waals surface area contributed by atoms with Gasteiger partial charge in [0.2, 0.25) is 0 Å². The summed E-state index contributed by atoms with van der Waals surface area (Å²) in [5.41, 5.74) is 7.16. The molecule has 1 heteroatoms. The second kappa shape index (κ2) is 8.06. The minimum Gasteiger partial charge on any atom is -0.330 e. The summed E-state index contributed by atoms with van der Waals surface area (Å²) in [4.78, 5) is 0. The summed E-state index contributed by atoms with van der Waals surface area (Å²) in [6.07, 6.45) is 10.1. The number of allylic oxidation sites excluding steroid dienone is 3. The van der Waals surface area contributed by atoms with E-state index in [1.807, 2.05) is 0 Å². The highest BCUT2D eigenvalue weighted by Crippen LogP contribution is 2.17. The van der Waals surface area contributed by atoms with E-state index >= 15 is 0 Å². The lowest BCUT2D eigenvalue weighted by atomic mass is 9.93. The maximum Gasteiger partial charge on any atom is -0.000836 e. The number of rotatable bonds is 6. The summed E-state index contributed by atoms with van der Waals surface area (Å²) in [6, 6.07) is 0. The van der Waals surface area contributed by atoms with Crippen LogP contribution in [0.5, 0.6) is 0 Å². The van der Waals surface area contributed by atoms with Gasteiger partial charge in [-0.2, -0.15) is 0 Å². The number of nitrogens with two attached hydrogens (primary N) is 1. The average Bonchev–Trinajstić information content (AvgIpc) is 2.14. The zero-order valence-corrected chi connectivity index (χ0v) is 9.22. The van der Waals surface area contributed by atoms with Crippen molar-refractivity contribution in [3.8, 4) is 0 Å². The summed E-state index contributed by atoms with van der Waals surface area (Å²) in [7, 11) is 0. The lowest BCUT2D eigenvalue weighted by molar-refractivity contribution is 0.569. The molecule has 0 aliphatic heterocycles. The van der Waals surface area contributed by atoms with Gasteiger partial charge in [-0.25, -0.2) is 0 Å². The van der Waals surface area contributed by atoms with E-state index in [1.54, 1.807) is 0 Å². The van der Waals surface area contributed by atoms with Crippen LogP contribution < -0.4 is 5.73 Å². The number of hydrogen-bond acceptors (Lipinski definition) is 1. The van der Waals surface area contributed by atoms with E-state index in [-0.39, 0.29) is 0 Å². The Morgan fingerprint density at radius 2 is 2.08 bits per heavy atom. The van der Waals surface area contributed by atoms with Gasteiger partial charge in [0.15, 0.2) is 0 Å². The van der Waals surface area contributed by atoms with Crippen LogP contribution in [0.4, 0.5) is 0 Å². The van der Waals surface area contributed by atoms with Gasteiger partial charge in [0.05, 0.1) is 0 Å². The highest BCUT2D eigenvalue weighted by Gasteiger charge is 2.07. The van der Waals surface area contributed by atoms with Crippen molar-refractivity contribution in [2.24, 2.45) is 11.7 Å². The second-order valence-corrected chi connectivity index (χ2v) is 3.33. The van der Waals surface area contributed by atoms with Gasteiger partial charge in [0.1, 0.15) is 0 Å². The second-order valence-electron chi connectivity index (χ2n) is 3.33. The van der Waals surface area contributed by atoms with Gasteiger partial charge in [0, 0.05) is 0 Å². The summed E-state index contributed by atoms with van der Waals surface area (Å²) in [5, 5.41) is 0. The van der Waals surface area contributed by atoms with Crippen molar-refractivity contribution in [2.75, 3.05) is 6.54 Å². The zero-order valence-electron chi connectivity index (χ0n) is 9.22. The van der Waals surface area contributed by atoms with E-state index in [0.717, 1.165) is 13.0 Å². The fourth-order valence-electron chi connectivity index (χ4n) is 1.57. The SMILES string of the molecule is C/C=C\C(=C/CC)C(CN)CCC. The van der Waals surface area contributed by atoms with Crippen molar-refractivity contribution in [1.82, 2.24) is 0 Å². The van der Waals surface area contributed by atoms with Gasteiger partial charge < -0.3 is 5.73 Å². The Bertz CT molecular complexity index is 168. The lowest BCUT2D eigenvalue weighted by Gasteiger charge is -2.15. The molecule has 0 saturated heterocycles. The van der Waals surface area contributed by atoms with E-state index in [1.165, 1.54) is 18.4 Å². The molecule has 0 spiro atoms. The summed E-state index contributed by atoms with van der Waals surface area (Å²) in [5.74, 6) is 0.557. The Labute approximate surface area is 82.7 Å². The molecule has 0 bridgehead atoms. The monoisotopic (exact) mass is 181 g/mol. The molecule has 0 radical (unpaired) electrons. The van der Waals surface area contributed by atoms with Gasteiger partial charge in [-0.1, -0.05) is 38.5 Å². The molecule has 0 fully saturated rings. The van der Waals surface area contributed by atoms with Gasteiger partial charge in [-0.15, -0.1) is 0 Å². The smallest absolute Gasteiger partial charge is 0.000836 e. The molecule has 0 aromatic carbocycles. The molecule has 2 N–H and O–H groups in total. The van der Waals surface area contributed by atoms with Crippen LogP contribution in [0, 0.1) is 5.92 Å². The predicted molar refractivity (Wildman–Crippen MR) is 60.6 cm³/mol. The average molecular weight is 181 g/mol. The Morgan fingerprint density at radius 1 is 1.38 bits per heavy atom. The Balaban J connectivity index is 4.38. The Morgan fingerprint density at radius 3 is 2.46 bits per heavy atom. The molecule has 0 aliphatic carbocycles. The number of hydrogen-bond donors (Lipinski definition) is 1. The van der Waals surface area contributed by atoms with Crippen molar-refractivity contribution in [1.29, 1.82) is 0 Å². The first-order chi connectivity index (χ1) is 6.29. The molecule has 0 heterocycles. The normalized spacial score (nSPS) is 15.2. The van der Waals surface area contributed by atoms with Crippen LogP contribution in [0.3, 0.4) is 0 Å². The first-order valence-electron chi connectivity index (χ1n) is 5.32. The predicted octanol–water partition coefficient (Wildman–Crippen LogP) is 3.27. The van der Waals surface area contributed by atoms with Crippen molar-refractivity contribution < 1.29 is 0 Å². The maximum absolute atomic E-state index is 5.75. The quantitative estimate of drug-likeness (QED) is 0.625. The highest BCUT2D eigenvalue weighted by atomic mass is 14.5. The fourth-order valence-corrected chi connectivity index (χ4v) is 1.57. The third kappa shape index (κ3) is 4.89. The molecule has 76 valence electrons. The molecule has 0 amide bonds. The fraction of sp³-hybridized carbons (Fsp3) is 0.667. The Hall–Kier alpha value is -0.560. The first kappa shape index (κ1) is 12.4. The van der Waals surface area contributed by atoms with Crippen molar-refractivity contribution in [3.05, 3.63) is 23.8 Å². The van der Waals surface area contributed by atoms with E-state index in [4.69, 9.17) is 5.73 Å². The van der Waals surface area contributed by atoms with Crippen LogP contribution in [-0.2, 0) is 0 Å². The minimum absolute atomic E-state index is 0.557. The van der Waals surface area contributed by atoms with Gasteiger partial charge in [0.25, 0.3) is 0 Å². The van der Waals surface area contributed by atoms with E-state index in [2.05, 4.69) is 39.0 Å². The van der Waals surface area contributed by atoms with Gasteiger partial charge >= 0.3 is 0 Å². The van der Waals surface area contributed by atoms with Crippen molar-refractivity contribution in [3.63, 3.8) is 0 Å². The van der Waals surface area contributed by atoms with E-state index in [9.17, 15) is 0 Å². The first-order valence-corrected chi connectivity index (χ1v) is 5.32. The molecule has 1 atom stereocenters. The molecule has 1 nitrogen and oxygen atoms in total. The van der Waals surface area contributed by atoms with Crippen molar-refractivity contribution >= 4 is 0 Å². The van der Waals surface area contributed by atoms with Crippen LogP contribution in [0.25, 0.3) is 0 Å². The van der Waals surface area contributed by atoms with Crippen LogP contribution >= 0.6 is 0 Å². The molecule has 0 rings (SSSR count). The molecular formula is C12H23N. The standard InChI is InChI=1S/C12H23N/c1-4-7-11(8-5-2)12(10-13)9-6-3/h4,7-8,12H,5-6,9-10,13H2,1-3H3/b7-4-,11-8+. The molecule has 13 heavy (non-hydrogen) atoms. The third-order valence-electron chi connectivity index (χ3n) is 2.19. The molecule has 0 saturated carbocycles. The Kier molecular flexibility index (Phi) is 7.71. The summed E-state index contributed by atoms with van der Waals surface area (Å²) in [6.45, 7) is 7.21. The summed E-state index contributed by atoms with van der Waals surface area (Å²) < 4.78 is 0. The lowest BCUT2D eigenvalue weighted by Crippen LogP contribution is -2.15. The van der Waals surface area contributed by atoms with E-state index < -0.39 is 0 Å². The zero-order chi connectivity index (χ0) is 10.1. The summed E-state index contributed by atoms with van der Waals surface area (Å²) >= 11 is 0. The largest absolute Gasteiger partial charge is 0.330 e. The molecule has 0 aromatic heterocycles. The third-order valence-corrected chi connectivity index (χ3v) is 2.19. The highest BCUT2D eigenvalue weighted by molar-refractivity contribution is 5.21. The van der Waals surface area contributed by atoms with Crippen LogP contribution in [0.1, 0.15) is 40.0 Å². The van der Waals surface area contributed by atoms with Gasteiger partial charge in [-0.05, 0) is 37.8 Å². The van der Waals surface area contributed by atoms with Crippen molar-refractivity contribution in [2.45, 2.75) is 40.0 Å². The topological polar surface area (TPSA) is 26.0 Å². The van der Waals surface area contributed by atoms with Crippen LogP contribution in [-0.4, -0.2) is 6.54 Å². The molecule has 1 unspecified atom stereocenters. The minimum atomic E-state index is 0.557.